The zero-order valence-electron chi connectivity index (χ0n) is 12.8. The van der Waals surface area contributed by atoms with E-state index in [0.717, 1.165) is 18.7 Å². The number of halogens is 1. The van der Waals surface area contributed by atoms with E-state index < -0.39 is 5.97 Å². The number of carboxylic acids is 1. The molecule has 0 radical (unpaired) electrons. The van der Waals surface area contributed by atoms with Gasteiger partial charge in [0, 0.05) is 16.7 Å². The first kappa shape index (κ1) is 18.0. The molecule has 3 nitrogen and oxygen atoms in total. The van der Waals surface area contributed by atoms with Crippen LogP contribution in [-0.4, -0.2) is 17.6 Å². The summed E-state index contributed by atoms with van der Waals surface area (Å²) in [6.45, 7) is 3.18. The van der Waals surface area contributed by atoms with Crippen molar-refractivity contribution in [2.45, 2.75) is 58.3 Å². The molecule has 0 spiro atoms. The molecule has 2 N–H and O–H groups in total. The van der Waals surface area contributed by atoms with Gasteiger partial charge in [-0.15, -0.1) is 0 Å². The lowest BCUT2D eigenvalue weighted by atomic mass is 10.1. The van der Waals surface area contributed by atoms with Crippen LogP contribution in [0.1, 0.15) is 68.6 Å². The second-order valence-corrected chi connectivity index (χ2v) is 6.26. The standard InChI is InChI=1S/C17H26BrNO2/c1-2-3-4-5-6-7-8-9-12-19-14-10-11-15(17(20)21)16(18)13-14/h10-11,13,19H,2-9,12H2,1H3,(H,20,21). The van der Waals surface area contributed by atoms with Gasteiger partial charge in [0.05, 0.1) is 5.56 Å². The van der Waals surface area contributed by atoms with Gasteiger partial charge in [-0.25, -0.2) is 4.79 Å². The number of benzene rings is 1. The molecule has 0 saturated carbocycles. The Balaban J connectivity index is 2.13. The number of hydrogen-bond donors (Lipinski definition) is 2. The van der Waals surface area contributed by atoms with Gasteiger partial charge in [-0.1, -0.05) is 51.9 Å². The zero-order valence-corrected chi connectivity index (χ0v) is 14.4. The normalized spacial score (nSPS) is 10.6. The van der Waals surface area contributed by atoms with E-state index in [9.17, 15) is 4.79 Å². The fourth-order valence-corrected chi connectivity index (χ4v) is 2.84. The molecule has 4 heteroatoms. The number of rotatable bonds is 11. The Kier molecular flexibility index (Phi) is 9.15. The molecule has 1 rings (SSSR count). The first-order chi connectivity index (χ1) is 10.1. The molecular formula is C17H26BrNO2. The van der Waals surface area contributed by atoms with Crippen molar-refractivity contribution in [1.82, 2.24) is 0 Å². The smallest absolute Gasteiger partial charge is 0.336 e. The Morgan fingerprint density at radius 3 is 2.29 bits per heavy atom. The number of hydrogen-bond acceptors (Lipinski definition) is 2. The Bertz CT molecular complexity index is 435. The van der Waals surface area contributed by atoms with E-state index in [2.05, 4.69) is 28.2 Å². The summed E-state index contributed by atoms with van der Waals surface area (Å²) < 4.78 is 0.621. The van der Waals surface area contributed by atoms with E-state index in [0.29, 0.717) is 10.0 Å². The number of unbranched alkanes of at least 4 members (excludes halogenated alkanes) is 7. The monoisotopic (exact) mass is 355 g/mol. The van der Waals surface area contributed by atoms with Crippen LogP contribution in [-0.2, 0) is 0 Å². The second-order valence-electron chi connectivity index (χ2n) is 5.40. The van der Waals surface area contributed by atoms with Crippen LogP contribution in [0.5, 0.6) is 0 Å². The van der Waals surface area contributed by atoms with E-state index >= 15 is 0 Å². The summed E-state index contributed by atoms with van der Waals surface area (Å²) in [6, 6.07) is 5.27. The molecule has 0 saturated heterocycles. The molecular weight excluding hydrogens is 330 g/mol. The first-order valence-electron chi connectivity index (χ1n) is 7.92. The number of anilines is 1. The molecule has 0 aliphatic carbocycles. The quantitative estimate of drug-likeness (QED) is 0.500. The lowest BCUT2D eigenvalue weighted by Gasteiger charge is -2.08. The molecule has 0 aliphatic heterocycles. The van der Waals surface area contributed by atoms with Crippen LogP contribution in [0.25, 0.3) is 0 Å². The molecule has 0 bridgehead atoms. The topological polar surface area (TPSA) is 49.3 Å². The Hall–Kier alpha value is -1.03. The molecule has 0 atom stereocenters. The summed E-state index contributed by atoms with van der Waals surface area (Å²) in [4.78, 5) is 10.9. The van der Waals surface area contributed by atoms with Crippen LogP contribution in [0, 0.1) is 0 Å². The van der Waals surface area contributed by atoms with E-state index in [1.807, 2.05) is 12.1 Å². The van der Waals surface area contributed by atoms with Crippen LogP contribution in [0.4, 0.5) is 5.69 Å². The van der Waals surface area contributed by atoms with Gasteiger partial charge in [-0.3, -0.25) is 0 Å². The zero-order chi connectivity index (χ0) is 15.5. The van der Waals surface area contributed by atoms with Crippen LogP contribution < -0.4 is 5.32 Å². The third-order valence-corrected chi connectivity index (χ3v) is 4.22. The number of carboxylic acid groups (broad SMARTS) is 1. The Labute approximate surface area is 136 Å². The van der Waals surface area contributed by atoms with Gasteiger partial charge >= 0.3 is 5.97 Å². The van der Waals surface area contributed by atoms with Gasteiger partial charge in [0.15, 0.2) is 0 Å². The second kappa shape index (κ2) is 10.7. The summed E-state index contributed by atoms with van der Waals surface area (Å²) in [5.41, 5.74) is 1.27. The fraction of sp³-hybridized carbons (Fsp3) is 0.588. The van der Waals surface area contributed by atoms with E-state index in [4.69, 9.17) is 5.11 Å². The van der Waals surface area contributed by atoms with Crippen molar-refractivity contribution in [2.24, 2.45) is 0 Å². The minimum Gasteiger partial charge on any atom is -0.478 e. The molecule has 0 aromatic heterocycles. The van der Waals surface area contributed by atoms with E-state index in [-0.39, 0.29) is 0 Å². The average molecular weight is 356 g/mol. The van der Waals surface area contributed by atoms with Crippen LogP contribution >= 0.6 is 15.9 Å². The maximum Gasteiger partial charge on any atom is 0.336 e. The molecule has 21 heavy (non-hydrogen) atoms. The summed E-state index contributed by atoms with van der Waals surface area (Å²) in [7, 11) is 0. The maximum absolute atomic E-state index is 10.9. The van der Waals surface area contributed by atoms with Crippen molar-refractivity contribution in [3.8, 4) is 0 Å². The Morgan fingerprint density at radius 2 is 1.71 bits per heavy atom. The largest absolute Gasteiger partial charge is 0.478 e. The molecule has 118 valence electrons. The van der Waals surface area contributed by atoms with Gasteiger partial charge in [-0.05, 0) is 40.5 Å². The van der Waals surface area contributed by atoms with Crippen molar-refractivity contribution in [1.29, 1.82) is 0 Å². The van der Waals surface area contributed by atoms with Crippen molar-refractivity contribution in [2.75, 3.05) is 11.9 Å². The van der Waals surface area contributed by atoms with Gasteiger partial charge in [0.25, 0.3) is 0 Å². The lowest BCUT2D eigenvalue weighted by molar-refractivity contribution is 0.0696. The molecule has 0 heterocycles. The minimum absolute atomic E-state index is 0.299. The lowest BCUT2D eigenvalue weighted by Crippen LogP contribution is -2.03. The molecule has 0 fully saturated rings. The van der Waals surface area contributed by atoms with Crippen LogP contribution in [0.2, 0.25) is 0 Å². The molecule has 0 amide bonds. The third kappa shape index (κ3) is 7.51. The summed E-state index contributed by atoms with van der Waals surface area (Å²) >= 11 is 3.29. The molecule has 0 aliphatic rings. The number of carbonyl (C=O) groups is 1. The highest BCUT2D eigenvalue weighted by Crippen LogP contribution is 2.21. The SMILES string of the molecule is CCCCCCCCCCNc1ccc(C(=O)O)c(Br)c1. The van der Waals surface area contributed by atoms with Crippen molar-refractivity contribution < 1.29 is 9.90 Å². The van der Waals surface area contributed by atoms with Crippen molar-refractivity contribution in [3.63, 3.8) is 0 Å². The number of aromatic carboxylic acids is 1. The third-order valence-electron chi connectivity index (χ3n) is 3.56. The molecule has 1 aromatic rings. The summed E-state index contributed by atoms with van der Waals surface area (Å²) in [5.74, 6) is -0.906. The number of nitrogens with one attached hydrogen (secondary N) is 1. The van der Waals surface area contributed by atoms with Gasteiger partial charge in [0.2, 0.25) is 0 Å². The molecule has 1 aromatic carbocycles. The van der Waals surface area contributed by atoms with Gasteiger partial charge in [-0.2, -0.15) is 0 Å². The predicted molar refractivity (Wildman–Crippen MR) is 92.2 cm³/mol. The highest BCUT2D eigenvalue weighted by atomic mass is 79.9. The summed E-state index contributed by atoms with van der Waals surface area (Å²) in [6.07, 6.45) is 10.5. The van der Waals surface area contributed by atoms with E-state index in [1.54, 1.807) is 6.07 Å². The van der Waals surface area contributed by atoms with Crippen LogP contribution in [0.15, 0.2) is 22.7 Å². The molecule has 0 unspecified atom stereocenters. The van der Waals surface area contributed by atoms with Gasteiger partial charge in [0.1, 0.15) is 0 Å². The highest BCUT2D eigenvalue weighted by molar-refractivity contribution is 9.10. The fourth-order valence-electron chi connectivity index (χ4n) is 2.29. The average Bonchev–Trinajstić information content (AvgIpc) is 2.45. The predicted octanol–water partition coefficient (Wildman–Crippen LogP) is 5.70. The first-order valence-corrected chi connectivity index (χ1v) is 8.71. The van der Waals surface area contributed by atoms with Gasteiger partial charge < -0.3 is 10.4 Å². The van der Waals surface area contributed by atoms with Crippen molar-refractivity contribution in [3.05, 3.63) is 28.2 Å². The highest BCUT2D eigenvalue weighted by Gasteiger charge is 2.07. The maximum atomic E-state index is 10.9. The van der Waals surface area contributed by atoms with Crippen molar-refractivity contribution >= 4 is 27.6 Å². The Morgan fingerprint density at radius 1 is 1.10 bits per heavy atom. The van der Waals surface area contributed by atoms with E-state index in [1.165, 1.54) is 44.9 Å². The summed E-state index contributed by atoms with van der Waals surface area (Å²) in [5, 5.41) is 12.3. The van der Waals surface area contributed by atoms with Crippen LogP contribution in [0.3, 0.4) is 0 Å². The minimum atomic E-state index is -0.906.